The van der Waals surface area contributed by atoms with Gasteiger partial charge in [0.2, 0.25) is 0 Å². The van der Waals surface area contributed by atoms with Gasteiger partial charge >= 0.3 is 0 Å². The first-order chi connectivity index (χ1) is 7.81. The highest BCUT2D eigenvalue weighted by Gasteiger charge is 2.07. The molecule has 0 amide bonds. The lowest BCUT2D eigenvalue weighted by molar-refractivity contribution is 0.727. The Labute approximate surface area is 91.4 Å². The minimum Gasteiger partial charge on any atom is -0.238 e. The summed E-state index contributed by atoms with van der Waals surface area (Å²) in [5, 5.41) is 6.89. The zero-order chi connectivity index (χ0) is 11.8. The van der Waals surface area contributed by atoms with E-state index in [1.54, 1.807) is 24.3 Å². The van der Waals surface area contributed by atoms with Crippen LogP contribution in [0.5, 0.6) is 0 Å². The number of nitrogens with zero attached hydrogens (tertiary/aromatic N) is 7. The Hall–Kier alpha value is -2.67. The first-order valence-electron chi connectivity index (χ1n) is 4.34. The highest BCUT2D eigenvalue weighted by molar-refractivity contribution is 5.45. The summed E-state index contributed by atoms with van der Waals surface area (Å²) in [5.74, 6) is 0. The predicted octanol–water partition coefficient (Wildman–Crippen LogP) is 3.90. The number of hydrogen-bond acceptors (Lipinski definition) is 2. The van der Waals surface area contributed by atoms with Crippen LogP contribution < -0.4 is 0 Å². The molecule has 0 aliphatic rings. The Balaban J connectivity index is 2.97. The highest BCUT2D eigenvalue weighted by Crippen LogP contribution is 2.21. The van der Waals surface area contributed by atoms with Crippen LogP contribution in [0.15, 0.2) is 34.5 Å². The Morgan fingerprint density at radius 1 is 1.19 bits per heavy atom. The fourth-order valence-electron chi connectivity index (χ4n) is 1.16. The van der Waals surface area contributed by atoms with Crippen LogP contribution in [0.25, 0.3) is 25.7 Å². The molecule has 16 heavy (non-hydrogen) atoms. The van der Waals surface area contributed by atoms with Gasteiger partial charge in [0.1, 0.15) is 0 Å². The van der Waals surface area contributed by atoms with Crippen LogP contribution in [0.3, 0.4) is 0 Å². The molecule has 78 valence electrons. The zero-order valence-electron chi connectivity index (χ0n) is 8.22. The van der Waals surface area contributed by atoms with Crippen LogP contribution in [-0.2, 0) is 0 Å². The fourth-order valence-corrected chi connectivity index (χ4v) is 1.16. The normalized spacial score (nSPS) is 10.4. The summed E-state index contributed by atoms with van der Waals surface area (Å²) < 4.78 is 0. The van der Waals surface area contributed by atoms with E-state index in [0.29, 0.717) is 5.69 Å². The second kappa shape index (κ2) is 5.94. The first-order valence-corrected chi connectivity index (χ1v) is 4.34. The van der Waals surface area contributed by atoms with Gasteiger partial charge in [-0.3, -0.25) is 0 Å². The van der Waals surface area contributed by atoms with Gasteiger partial charge in [-0.25, -0.2) is 4.85 Å². The van der Waals surface area contributed by atoms with Crippen LogP contribution in [-0.4, -0.2) is 6.54 Å². The molecule has 0 radical (unpaired) electrons. The molecule has 0 spiro atoms. The van der Waals surface area contributed by atoms with Crippen molar-refractivity contribution in [3.63, 3.8) is 0 Å². The first kappa shape index (κ1) is 11.4. The summed E-state index contributed by atoms with van der Waals surface area (Å²) in [5.41, 5.74) is 17.8. The lowest BCUT2D eigenvalue weighted by atomic mass is 10.1. The van der Waals surface area contributed by atoms with Gasteiger partial charge in [-0.1, -0.05) is 34.5 Å². The average Bonchev–Trinajstić information content (AvgIpc) is 2.35. The van der Waals surface area contributed by atoms with Gasteiger partial charge in [-0.15, -0.1) is 0 Å². The number of azide groups is 2. The van der Waals surface area contributed by atoms with Gasteiger partial charge in [-0.05, 0) is 16.6 Å². The molecule has 0 saturated heterocycles. The summed E-state index contributed by atoms with van der Waals surface area (Å²) in [6.07, 6.45) is 0. The second-order valence-electron chi connectivity index (χ2n) is 2.84. The number of benzene rings is 1. The smallest absolute Gasteiger partial charge is 0.187 e. The molecule has 0 N–H and O–H groups in total. The van der Waals surface area contributed by atoms with Crippen LogP contribution in [0.4, 0.5) is 5.69 Å². The molecular formula is C9H7N7. The number of hydrogen-bond donors (Lipinski definition) is 0. The maximum absolute atomic E-state index is 8.37. The fraction of sp³-hybridized carbons (Fsp3) is 0.222. The van der Waals surface area contributed by atoms with Crippen molar-refractivity contribution < 1.29 is 0 Å². The topological polar surface area (TPSA) is 102 Å². The Kier molecular flexibility index (Phi) is 4.23. The third-order valence-electron chi connectivity index (χ3n) is 1.92. The minimum absolute atomic E-state index is 0.0674. The third kappa shape index (κ3) is 2.93. The molecule has 0 fully saturated rings. The lowest BCUT2D eigenvalue weighted by Crippen LogP contribution is -1.97. The molecule has 1 aromatic carbocycles. The summed E-state index contributed by atoms with van der Waals surface area (Å²) in [6.45, 7) is 6.86. The van der Waals surface area contributed by atoms with Gasteiger partial charge < -0.3 is 0 Å². The Morgan fingerprint density at radius 3 is 2.38 bits per heavy atom. The zero-order valence-corrected chi connectivity index (χ0v) is 8.22. The second-order valence-corrected chi connectivity index (χ2v) is 2.84. The molecular weight excluding hydrogens is 206 g/mol. The maximum Gasteiger partial charge on any atom is 0.187 e. The highest BCUT2D eigenvalue weighted by atomic mass is 15.2. The van der Waals surface area contributed by atoms with Gasteiger partial charge in [-0.2, -0.15) is 0 Å². The molecule has 0 bridgehead atoms. The molecule has 0 aromatic heterocycles. The van der Waals surface area contributed by atoms with E-state index in [1.807, 2.05) is 0 Å². The molecule has 7 nitrogen and oxygen atoms in total. The van der Waals surface area contributed by atoms with E-state index < -0.39 is 6.04 Å². The van der Waals surface area contributed by atoms with Gasteiger partial charge in [0.15, 0.2) is 5.69 Å². The molecule has 1 rings (SSSR count). The molecule has 1 unspecified atom stereocenters. The van der Waals surface area contributed by atoms with E-state index in [4.69, 9.17) is 17.6 Å². The summed E-state index contributed by atoms with van der Waals surface area (Å²) >= 11 is 0. The third-order valence-corrected chi connectivity index (χ3v) is 1.92. The van der Waals surface area contributed by atoms with Crippen LogP contribution in [0.2, 0.25) is 0 Å². The number of rotatable bonds is 4. The van der Waals surface area contributed by atoms with E-state index >= 15 is 0 Å². The summed E-state index contributed by atoms with van der Waals surface area (Å²) in [7, 11) is 0. The average molecular weight is 213 g/mol. The molecule has 0 heterocycles. The van der Waals surface area contributed by atoms with E-state index in [1.165, 1.54) is 0 Å². The van der Waals surface area contributed by atoms with Crippen molar-refractivity contribution in [3.05, 3.63) is 62.1 Å². The van der Waals surface area contributed by atoms with Gasteiger partial charge in [0.25, 0.3) is 0 Å². The summed E-state index contributed by atoms with van der Waals surface area (Å²) in [4.78, 5) is 8.54. The Morgan fingerprint density at radius 2 is 1.88 bits per heavy atom. The SMILES string of the molecule is [C-]#[N+]c1ccc(C(CN=[N+]=[N-])N=[N+]=[N-])cc1. The van der Waals surface area contributed by atoms with Crippen molar-refractivity contribution in [1.82, 2.24) is 0 Å². The van der Waals surface area contributed by atoms with Crippen LogP contribution in [0.1, 0.15) is 11.6 Å². The maximum atomic E-state index is 8.37. The largest absolute Gasteiger partial charge is 0.238 e. The van der Waals surface area contributed by atoms with E-state index in [9.17, 15) is 0 Å². The summed E-state index contributed by atoms with van der Waals surface area (Å²) in [6, 6.07) is 6.08. The van der Waals surface area contributed by atoms with E-state index in [2.05, 4.69) is 24.9 Å². The molecule has 0 aliphatic heterocycles. The van der Waals surface area contributed by atoms with E-state index in [-0.39, 0.29) is 6.54 Å². The standard InChI is InChI=1S/C9H7N7/c1-12-8-4-2-7(3-5-8)9(14-16-11)6-13-15-10/h2-5,9H,6H2. The molecule has 1 atom stereocenters. The van der Waals surface area contributed by atoms with Crippen molar-refractivity contribution in [2.24, 2.45) is 10.2 Å². The minimum atomic E-state index is -0.527. The molecule has 0 saturated carbocycles. The van der Waals surface area contributed by atoms with Crippen molar-refractivity contribution in [2.45, 2.75) is 6.04 Å². The lowest BCUT2D eigenvalue weighted by Gasteiger charge is -2.07. The molecule has 7 heteroatoms. The van der Waals surface area contributed by atoms with Crippen molar-refractivity contribution in [2.75, 3.05) is 6.54 Å². The predicted molar refractivity (Wildman–Crippen MR) is 58.6 cm³/mol. The quantitative estimate of drug-likeness (QED) is 0.313. The monoisotopic (exact) mass is 213 g/mol. The van der Waals surface area contributed by atoms with Crippen molar-refractivity contribution in [1.29, 1.82) is 0 Å². The van der Waals surface area contributed by atoms with Crippen LogP contribution in [0, 0.1) is 6.57 Å². The van der Waals surface area contributed by atoms with Gasteiger partial charge in [0.05, 0.1) is 12.6 Å². The van der Waals surface area contributed by atoms with Crippen LogP contribution >= 0.6 is 0 Å². The van der Waals surface area contributed by atoms with Gasteiger partial charge in [0, 0.05) is 16.4 Å². The molecule has 1 aromatic rings. The van der Waals surface area contributed by atoms with Crippen molar-refractivity contribution in [3.8, 4) is 0 Å². The Bertz CT molecular complexity index is 486. The molecule has 0 aliphatic carbocycles. The van der Waals surface area contributed by atoms with E-state index in [0.717, 1.165) is 5.56 Å². The van der Waals surface area contributed by atoms with Crippen molar-refractivity contribution >= 4 is 5.69 Å².